The van der Waals surface area contributed by atoms with Crippen LogP contribution >= 0.6 is 11.6 Å². The molecule has 328 valence electrons. The van der Waals surface area contributed by atoms with Crippen LogP contribution in [0.4, 0.5) is 17.3 Å². The van der Waals surface area contributed by atoms with Crippen molar-refractivity contribution in [2.45, 2.75) is 94.2 Å². The molecule has 2 amide bonds. The first-order chi connectivity index (χ1) is 29.8. The van der Waals surface area contributed by atoms with E-state index >= 15 is 0 Å². The number of piperidine rings is 3. The zero-order valence-corrected chi connectivity index (χ0v) is 36.9. The van der Waals surface area contributed by atoms with Gasteiger partial charge in [-0.3, -0.25) is 33.4 Å². The Labute approximate surface area is 364 Å². The summed E-state index contributed by atoms with van der Waals surface area (Å²) < 4.78 is 34.3. The van der Waals surface area contributed by atoms with Crippen LogP contribution in [0.3, 0.4) is 0 Å². The Hall–Kier alpha value is -5.10. The topological polar surface area (TPSA) is 177 Å². The van der Waals surface area contributed by atoms with E-state index in [1.807, 2.05) is 25.1 Å². The average Bonchev–Trinajstić information content (AvgIpc) is 3.88. The van der Waals surface area contributed by atoms with Crippen LogP contribution in [0.2, 0.25) is 5.02 Å². The Bertz CT molecular complexity index is 2800. The standard InChI is InChI=1S/C44H53ClN10O6S/c1-27-23-32(11-12-34(27)47-43-46-25-29-24-33(45)42(58)54(40(29)49-43)31-7-4-5-8-31)62(60,61)53-21-15-28(16-22-53)26-50(2)30-17-19-52(20-18-30)35-9-6-10-36-39(35)51(3)44(59)55(36)37-13-14-38(56)48-41(37)57/h6,9-12,23-25,28,30-31,37H,4-5,7-8,13-22,26H2,1-3H3,(H,46,47,49)(H,48,56,57). The zero-order chi connectivity index (χ0) is 43.4. The fourth-order valence-electron chi connectivity index (χ4n) is 10.2. The fraction of sp³-hybridized carbons (Fsp3) is 0.500. The Morgan fingerprint density at radius 2 is 1.66 bits per heavy atom. The summed E-state index contributed by atoms with van der Waals surface area (Å²) >= 11 is 6.31. The Kier molecular flexibility index (Phi) is 11.5. The van der Waals surface area contributed by atoms with E-state index in [9.17, 15) is 27.6 Å². The third-order valence-corrected chi connectivity index (χ3v) is 15.8. The number of aryl methyl sites for hydroxylation is 2. The Morgan fingerprint density at radius 3 is 2.37 bits per heavy atom. The van der Waals surface area contributed by atoms with Gasteiger partial charge in [-0.25, -0.2) is 18.2 Å². The van der Waals surface area contributed by atoms with Crippen molar-refractivity contribution in [3.63, 3.8) is 0 Å². The number of halogens is 1. The van der Waals surface area contributed by atoms with Crippen molar-refractivity contribution in [2.75, 3.05) is 50.0 Å². The van der Waals surface area contributed by atoms with Crippen molar-refractivity contribution in [1.29, 1.82) is 0 Å². The maximum atomic E-state index is 13.9. The molecule has 1 atom stereocenters. The van der Waals surface area contributed by atoms with Crippen molar-refractivity contribution in [3.05, 3.63) is 80.1 Å². The van der Waals surface area contributed by atoms with Crippen LogP contribution in [0.25, 0.3) is 22.1 Å². The van der Waals surface area contributed by atoms with E-state index in [1.165, 1.54) is 4.57 Å². The van der Waals surface area contributed by atoms with Gasteiger partial charge in [0.15, 0.2) is 0 Å². The third-order valence-electron chi connectivity index (χ3n) is 13.7. The SMILES string of the molecule is Cc1cc(S(=O)(=O)N2CCC(CN(C)C3CCN(c4cccc5c4n(C)c(=O)n5C4CCC(=O)NC4=O)CC3)CC2)ccc1Nc1ncc2cc(Cl)c(=O)n(C3CCCC3)c2n1. The number of hydrogen-bond acceptors (Lipinski definition) is 11. The molecule has 0 spiro atoms. The second kappa shape index (κ2) is 16.9. The number of rotatable bonds is 10. The molecule has 6 heterocycles. The number of imide groups is 1. The number of para-hydroxylation sites is 1. The number of anilines is 3. The molecule has 4 aliphatic rings. The monoisotopic (exact) mass is 884 g/mol. The number of amides is 2. The van der Waals surface area contributed by atoms with Gasteiger partial charge in [-0.05, 0) is 107 Å². The smallest absolute Gasteiger partial charge is 0.329 e. The van der Waals surface area contributed by atoms with E-state index < -0.39 is 22.0 Å². The summed E-state index contributed by atoms with van der Waals surface area (Å²) in [6, 6.07) is 12.2. The summed E-state index contributed by atoms with van der Waals surface area (Å²) in [6.45, 7) is 5.27. The maximum absolute atomic E-state index is 13.9. The molecule has 3 aromatic heterocycles. The van der Waals surface area contributed by atoms with Crippen LogP contribution < -0.4 is 26.8 Å². The number of fused-ring (bicyclic) bond motifs is 2. The molecule has 3 saturated heterocycles. The van der Waals surface area contributed by atoms with Crippen LogP contribution in [0.5, 0.6) is 0 Å². The van der Waals surface area contributed by atoms with Crippen molar-refractivity contribution >= 4 is 72.8 Å². The summed E-state index contributed by atoms with van der Waals surface area (Å²) in [5.74, 6) is -0.0737. The van der Waals surface area contributed by atoms with Gasteiger partial charge in [0.2, 0.25) is 27.8 Å². The molecule has 1 aliphatic carbocycles. The summed E-state index contributed by atoms with van der Waals surface area (Å²) in [7, 11) is 0.188. The number of aromatic nitrogens is 5. The lowest BCUT2D eigenvalue weighted by Gasteiger charge is -2.40. The second-order valence-corrected chi connectivity index (χ2v) is 19.9. The van der Waals surface area contributed by atoms with Crippen LogP contribution in [-0.2, 0) is 26.7 Å². The first kappa shape index (κ1) is 42.2. The van der Waals surface area contributed by atoms with Gasteiger partial charge in [-0.1, -0.05) is 30.5 Å². The number of imidazole rings is 1. The lowest BCUT2D eigenvalue weighted by molar-refractivity contribution is -0.135. The van der Waals surface area contributed by atoms with E-state index in [0.29, 0.717) is 59.7 Å². The van der Waals surface area contributed by atoms with Gasteiger partial charge in [0.25, 0.3) is 5.56 Å². The largest absolute Gasteiger partial charge is 0.370 e. The maximum Gasteiger partial charge on any atom is 0.329 e. The van der Waals surface area contributed by atoms with Gasteiger partial charge < -0.3 is 15.1 Å². The molecule has 2 aromatic carbocycles. The lowest BCUT2D eigenvalue weighted by atomic mass is 9.95. The highest BCUT2D eigenvalue weighted by Crippen LogP contribution is 2.34. The normalized spacial score (nSPS) is 20.2. The molecule has 5 aromatic rings. The summed E-state index contributed by atoms with van der Waals surface area (Å²) in [5, 5.41) is 6.46. The van der Waals surface area contributed by atoms with Crippen LogP contribution in [0, 0.1) is 12.8 Å². The minimum atomic E-state index is -3.71. The molecular weight excluding hydrogens is 832 g/mol. The number of sulfonamides is 1. The van der Waals surface area contributed by atoms with E-state index in [0.717, 1.165) is 87.8 Å². The van der Waals surface area contributed by atoms with E-state index in [-0.39, 0.29) is 39.5 Å². The highest BCUT2D eigenvalue weighted by molar-refractivity contribution is 7.89. The number of nitrogens with one attached hydrogen (secondary N) is 2. The number of hydrogen-bond donors (Lipinski definition) is 2. The van der Waals surface area contributed by atoms with Gasteiger partial charge in [-0.2, -0.15) is 9.29 Å². The van der Waals surface area contributed by atoms with Crippen molar-refractivity contribution in [3.8, 4) is 0 Å². The van der Waals surface area contributed by atoms with Crippen LogP contribution in [0.1, 0.15) is 81.9 Å². The van der Waals surface area contributed by atoms with Crippen LogP contribution in [0.15, 0.2) is 63.1 Å². The predicted molar refractivity (Wildman–Crippen MR) is 239 cm³/mol. The lowest BCUT2D eigenvalue weighted by Crippen LogP contribution is -2.46. The molecule has 2 N–H and O–H groups in total. The molecule has 0 radical (unpaired) electrons. The number of carbonyl (C=O) groups excluding carboxylic acids is 2. The molecular formula is C44H53ClN10O6S. The van der Waals surface area contributed by atoms with E-state index in [4.69, 9.17) is 16.6 Å². The summed E-state index contributed by atoms with van der Waals surface area (Å²) in [5.41, 5.74) is 3.84. The minimum absolute atomic E-state index is 0.0395. The first-order valence-corrected chi connectivity index (χ1v) is 23.5. The molecule has 16 nitrogen and oxygen atoms in total. The number of benzene rings is 2. The van der Waals surface area contributed by atoms with Gasteiger partial charge in [0.1, 0.15) is 16.7 Å². The van der Waals surface area contributed by atoms with Crippen LogP contribution in [-0.4, -0.2) is 98.9 Å². The quantitative estimate of drug-likeness (QED) is 0.175. The molecule has 18 heteroatoms. The Morgan fingerprint density at radius 1 is 0.919 bits per heavy atom. The van der Waals surface area contributed by atoms with Gasteiger partial charge in [0, 0.05) is 75.5 Å². The molecule has 1 saturated carbocycles. The average molecular weight is 885 g/mol. The molecule has 4 fully saturated rings. The molecule has 3 aliphatic heterocycles. The van der Waals surface area contributed by atoms with Gasteiger partial charge >= 0.3 is 5.69 Å². The fourth-order valence-corrected chi connectivity index (χ4v) is 12.0. The highest BCUT2D eigenvalue weighted by Gasteiger charge is 2.34. The van der Waals surface area contributed by atoms with Crippen molar-refractivity contribution in [1.82, 2.24) is 38.2 Å². The second-order valence-electron chi connectivity index (χ2n) is 17.5. The highest BCUT2D eigenvalue weighted by atomic mass is 35.5. The molecule has 62 heavy (non-hydrogen) atoms. The molecule has 9 rings (SSSR count). The predicted octanol–water partition coefficient (Wildman–Crippen LogP) is 5.24. The van der Waals surface area contributed by atoms with E-state index in [1.54, 1.807) is 50.9 Å². The Balaban J connectivity index is 0.800. The minimum Gasteiger partial charge on any atom is -0.370 e. The van der Waals surface area contributed by atoms with Crippen molar-refractivity contribution < 1.29 is 18.0 Å². The number of carbonyl (C=O) groups is 2. The number of pyridine rings is 1. The number of nitrogens with zero attached hydrogens (tertiary/aromatic N) is 8. The summed E-state index contributed by atoms with van der Waals surface area (Å²) in [4.78, 5) is 65.3. The molecule has 0 bridgehead atoms. The van der Waals surface area contributed by atoms with Gasteiger partial charge in [0.05, 0.1) is 21.6 Å². The third kappa shape index (κ3) is 7.81. The first-order valence-electron chi connectivity index (χ1n) is 21.7. The molecule has 1 unspecified atom stereocenters. The van der Waals surface area contributed by atoms with Crippen molar-refractivity contribution in [2.24, 2.45) is 13.0 Å². The summed E-state index contributed by atoms with van der Waals surface area (Å²) in [6.07, 6.45) is 9.46. The van der Waals surface area contributed by atoms with E-state index in [2.05, 4.69) is 32.5 Å². The van der Waals surface area contributed by atoms with Gasteiger partial charge in [-0.15, -0.1) is 0 Å². The zero-order valence-electron chi connectivity index (χ0n) is 35.3.